The van der Waals surface area contributed by atoms with Gasteiger partial charge in [-0.05, 0) is 13.8 Å². The summed E-state index contributed by atoms with van der Waals surface area (Å²) in [6.07, 6.45) is 3.88. The monoisotopic (exact) mass is 398 g/mol. The number of hydrogen-bond acceptors (Lipinski definition) is 7. The zero-order valence-electron chi connectivity index (χ0n) is 17.3. The summed E-state index contributed by atoms with van der Waals surface area (Å²) in [6, 6.07) is 0. The zero-order chi connectivity index (χ0) is 20.1. The van der Waals surface area contributed by atoms with Crippen molar-refractivity contribution in [2.75, 3.05) is 92.2 Å². The maximum absolute atomic E-state index is 9.93. The molecule has 0 aromatic carbocycles. The first-order valence-electron chi connectivity index (χ1n) is 9.20. The number of carboxylic acid groups (broad SMARTS) is 1. The van der Waals surface area contributed by atoms with Crippen LogP contribution < -0.4 is 5.11 Å². The minimum absolute atomic E-state index is 0.0714. The SMILES string of the molecule is CC[P+](C)(CC)CCOCCOC.COCCOCCOCCC(=O)[O-]. The highest BCUT2D eigenvalue weighted by molar-refractivity contribution is 7.75. The van der Waals surface area contributed by atoms with Crippen LogP contribution in [0.15, 0.2) is 0 Å². The van der Waals surface area contributed by atoms with Crippen LogP contribution in [0.1, 0.15) is 20.3 Å². The summed E-state index contributed by atoms with van der Waals surface area (Å²) in [5, 5.41) is 9.93. The van der Waals surface area contributed by atoms with E-state index in [-0.39, 0.29) is 13.0 Å². The Morgan fingerprint density at radius 2 is 1.19 bits per heavy atom. The summed E-state index contributed by atoms with van der Waals surface area (Å²) in [5.41, 5.74) is 0. The van der Waals surface area contributed by atoms with Crippen molar-refractivity contribution in [2.24, 2.45) is 0 Å². The predicted molar refractivity (Wildman–Crippen MR) is 105 cm³/mol. The van der Waals surface area contributed by atoms with E-state index >= 15 is 0 Å². The lowest BCUT2D eigenvalue weighted by atomic mass is 10.5. The van der Waals surface area contributed by atoms with Crippen molar-refractivity contribution in [1.29, 1.82) is 0 Å². The number of hydrogen-bond donors (Lipinski definition) is 0. The van der Waals surface area contributed by atoms with Gasteiger partial charge in [-0.15, -0.1) is 0 Å². The molecule has 0 aliphatic heterocycles. The quantitative estimate of drug-likeness (QED) is 0.268. The van der Waals surface area contributed by atoms with Crippen LogP contribution in [0.5, 0.6) is 0 Å². The largest absolute Gasteiger partial charge is 0.550 e. The van der Waals surface area contributed by atoms with Crippen LogP contribution in [-0.4, -0.2) is 98.2 Å². The maximum Gasteiger partial charge on any atom is 0.0825 e. The van der Waals surface area contributed by atoms with Gasteiger partial charge in [-0.25, -0.2) is 0 Å². The molecule has 0 fully saturated rings. The zero-order valence-corrected chi connectivity index (χ0v) is 18.2. The van der Waals surface area contributed by atoms with Crippen LogP contribution in [0.2, 0.25) is 0 Å². The molecule has 0 aliphatic carbocycles. The Kier molecular flexibility index (Phi) is 22.6. The van der Waals surface area contributed by atoms with Crippen molar-refractivity contribution in [3.8, 4) is 0 Å². The van der Waals surface area contributed by atoms with Gasteiger partial charge in [0.2, 0.25) is 0 Å². The van der Waals surface area contributed by atoms with Gasteiger partial charge in [-0.1, -0.05) is 0 Å². The molecule has 0 heterocycles. The summed E-state index contributed by atoms with van der Waals surface area (Å²) in [7, 11) is 2.66. The van der Waals surface area contributed by atoms with Gasteiger partial charge in [-0.2, -0.15) is 0 Å². The van der Waals surface area contributed by atoms with Gasteiger partial charge in [0, 0.05) is 40.5 Å². The number of carboxylic acids is 1. The standard InChI is InChI=1S/C10H24O2P.C8H16O5/c1-5-13(4,6-2)10-9-12-8-7-11-3;1-11-4-5-13-7-6-12-3-2-8(9)10/h5-10H2,1-4H3;2-7H2,1H3,(H,9,10)/q+1;/p-1. The normalized spacial score (nSPS) is 11.1. The van der Waals surface area contributed by atoms with Crippen LogP contribution in [-0.2, 0) is 28.5 Å². The van der Waals surface area contributed by atoms with E-state index in [2.05, 4.69) is 20.5 Å². The summed E-state index contributed by atoms with van der Waals surface area (Å²) in [5.74, 6) is -1.10. The molecule has 0 rings (SSSR count). The Morgan fingerprint density at radius 1 is 0.769 bits per heavy atom. The molecule has 0 aromatic heterocycles. The fourth-order valence-corrected chi connectivity index (χ4v) is 3.34. The second-order valence-corrected chi connectivity index (χ2v) is 10.9. The van der Waals surface area contributed by atoms with Crippen LogP contribution in [0.25, 0.3) is 0 Å². The summed E-state index contributed by atoms with van der Waals surface area (Å²) in [4.78, 5) is 9.93. The van der Waals surface area contributed by atoms with E-state index in [0.717, 1.165) is 13.2 Å². The second kappa shape index (κ2) is 21.0. The lowest BCUT2D eigenvalue weighted by Crippen LogP contribution is -2.23. The lowest BCUT2D eigenvalue weighted by Gasteiger charge is -2.19. The highest BCUT2D eigenvalue weighted by Gasteiger charge is 2.25. The van der Waals surface area contributed by atoms with Crippen LogP contribution in [0.3, 0.4) is 0 Å². The first kappa shape index (κ1) is 27.9. The third kappa shape index (κ3) is 21.7. The minimum atomic E-state index is -1.10. The van der Waals surface area contributed by atoms with Crippen LogP contribution in [0.4, 0.5) is 0 Å². The first-order valence-corrected chi connectivity index (χ1v) is 12.0. The molecule has 0 aromatic rings. The molecule has 8 heteroatoms. The molecular weight excluding hydrogens is 359 g/mol. The molecule has 0 aliphatic rings. The van der Waals surface area contributed by atoms with E-state index in [1.165, 1.54) is 18.5 Å². The van der Waals surface area contributed by atoms with Gasteiger partial charge in [0.25, 0.3) is 0 Å². The van der Waals surface area contributed by atoms with Crippen molar-refractivity contribution in [3.63, 3.8) is 0 Å². The van der Waals surface area contributed by atoms with E-state index in [1.54, 1.807) is 14.2 Å². The molecule has 0 amide bonds. The van der Waals surface area contributed by atoms with Crippen molar-refractivity contribution in [3.05, 3.63) is 0 Å². The average Bonchev–Trinajstić information content (AvgIpc) is 2.64. The molecule has 0 saturated heterocycles. The topological polar surface area (TPSA) is 86.3 Å². The summed E-state index contributed by atoms with van der Waals surface area (Å²) < 4.78 is 25.1. The molecule has 0 bridgehead atoms. The molecule has 0 spiro atoms. The van der Waals surface area contributed by atoms with Gasteiger partial charge in [-0.3, -0.25) is 0 Å². The number of methoxy groups -OCH3 is 2. The molecular formula is C18H39O7P. The maximum atomic E-state index is 9.93. The Balaban J connectivity index is 0. The third-order valence-corrected chi connectivity index (χ3v) is 8.30. The van der Waals surface area contributed by atoms with E-state index in [9.17, 15) is 9.90 Å². The van der Waals surface area contributed by atoms with Crippen LogP contribution in [0, 0.1) is 0 Å². The lowest BCUT2D eigenvalue weighted by molar-refractivity contribution is -0.306. The van der Waals surface area contributed by atoms with Gasteiger partial charge in [0.05, 0.1) is 71.3 Å². The predicted octanol–water partition coefficient (Wildman–Crippen LogP) is 1.14. The van der Waals surface area contributed by atoms with Crippen molar-refractivity contribution in [1.82, 2.24) is 0 Å². The molecule has 0 radical (unpaired) electrons. The van der Waals surface area contributed by atoms with Crippen molar-refractivity contribution < 1.29 is 33.6 Å². The minimum Gasteiger partial charge on any atom is -0.550 e. The van der Waals surface area contributed by atoms with E-state index in [4.69, 9.17) is 23.7 Å². The van der Waals surface area contributed by atoms with Gasteiger partial charge >= 0.3 is 0 Å². The smallest absolute Gasteiger partial charge is 0.0825 e. The third-order valence-electron chi connectivity index (χ3n) is 3.99. The molecule has 0 saturated carbocycles. The molecule has 26 heavy (non-hydrogen) atoms. The Hall–Kier alpha value is -0.300. The van der Waals surface area contributed by atoms with Crippen LogP contribution >= 0.6 is 7.26 Å². The molecule has 0 N–H and O–H groups in total. The molecule has 0 atom stereocenters. The Labute approximate surface area is 160 Å². The summed E-state index contributed by atoms with van der Waals surface area (Å²) in [6.45, 7) is 11.5. The van der Waals surface area contributed by atoms with Gasteiger partial charge < -0.3 is 33.6 Å². The molecule has 7 nitrogen and oxygen atoms in total. The van der Waals surface area contributed by atoms with Crippen molar-refractivity contribution in [2.45, 2.75) is 20.3 Å². The average molecular weight is 398 g/mol. The summed E-state index contributed by atoms with van der Waals surface area (Å²) >= 11 is 0. The van der Waals surface area contributed by atoms with E-state index < -0.39 is 13.2 Å². The highest BCUT2D eigenvalue weighted by Crippen LogP contribution is 2.53. The number of rotatable bonds is 17. The van der Waals surface area contributed by atoms with Crippen molar-refractivity contribution >= 4 is 13.2 Å². The number of ether oxygens (including phenoxy) is 5. The molecule has 0 unspecified atom stereocenters. The Bertz CT molecular complexity index is 299. The fourth-order valence-electron chi connectivity index (χ4n) is 1.69. The van der Waals surface area contributed by atoms with E-state index in [1.807, 2.05) is 0 Å². The number of carbonyl (C=O) groups excluding carboxylic acids is 1. The fraction of sp³-hybridized carbons (Fsp3) is 0.944. The number of carbonyl (C=O) groups is 1. The van der Waals surface area contributed by atoms with E-state index in [0.29, 0.717) is 33.0 Å². The molecule has 158 valence electrons. The van der Waals surface area contributed by atoms with Gasteiger partial charge in [0.1, 0.15) is 0 Å². The number of aliphatic carboxylic acids is 1. The second-order valence-electron chi connectivity index (χ2n) is 5.92. The first-order chi connectivity index (χ1) is 12.5. The highest BCUT2D eigenvalue weighted by atomic mass is 31.2. The van der Waals surface area contributed by atoms with Gasteiger partial charge in [0.15, 0.2) is 0 Å². The Morgan fingerprint density at radius 3 is 1.62 bits per heavy atom.